The maximum absolute atomic E-state index is 13.0. The van der Waals surface area contributed by atoms with Gasteiger partial charge in [0, 0.05) is 30.1 Å². The maximum atomic E-state index is 13.0. The van der Waals surface area contributed by atoms with Gasteiger partial charge in [0.15, 0.2) is 0 Å². The number of thioether (sulfide) groups is 1. The normalized spacial score (nSPS) is 18.4. The molecule has 0 aliphatic carbocycles. The zero-order valence-electron chi connectivity index (χ0n) is 19.0. The minimum atomic E-state index is -0.985. The van der Waals surface area contributed by atoms with Crippen LogP contribution < -0.4 is 5.32 Å². The summed E-state index contributed by atoms with van der Waals surface area (Å²) in [6.07, 6.45) is 1.03. The smallest absolute Gasteiger partial charge is 0.306 e. The van der Waals surface area contributed by atoms with Gasteiger partial charge in [0.25, 0.3) is 11.8 Å². The Balaban J connectivity index is 1.50. The second-order valence-corrected chi connectivity index (χ2v) is 9.91. The number of carbonyl (C=O) groups excluding carboxylic acids is 5. The molecule has 1 saturated heterocycles. The summed E-state index contributed by atoms with van der Waals surface area (Å²) in [6.45, 7) is 6.28. The van der Waals surface area contributed by atoms with Crippen LogP contribution in [0.5, 0.6) is 0 Å². The van der Waals surface area contributed by atoms with Gasteiger partial charge in [0.05, 0.1) is 17.7 Å². The third-order valence-corrected chi connectivity index (χ3v) is 6.03. The van der Waals surface area contributed by atoms with Crippen LogP contribution in [-0.4, -0.2) is 65.1 Å². The molecular formula is C23H28N2O7S. The Kier molecular flexibility index (Phi) is 7.91. The van der Waals surface area contributed by atoms with E-state index in [1.807, 2.05) is 20.8 Å². The second kappa shape index (κ2) is 10.5. The average Bonchev–Trinajstić information content (AvgIpc) is 2.97. The summed E-state index contributed by atoms with van der Waals surface area (Å²) in [5.74, 6) is -1.80. The summed E-state index contributed by atoms with van der Waals surface area (Å²) in [5, 5.41) is 2.19. The maximum Gasteiger partial charge on any atom is 0.306 e. The quantitative estimate of drug-likeness (QED) is 0.250. The first-order valence-corrected chi connectivity index (χ1v) is 11.8. The minimum absolute atomic E-state index is 0.0800. The molecule has 2 heterocycles. The van der Waals surface area contributed by atoms with E-state index < -0.39 is 35.3 Å². The van der Waals surface area contributed by atoms with E-state index in [0.717, 1.165) is 4.90 Å². The van der Waals surface area contributed by atoms with E-state index in [1.54, 1.807) is 18.2 Å². The molecule has 2 aliphatic rings. The molecular weight excluding hydrogens is 448 g/mol. The van der Waals surface area contributed by atoms with Crippen molar-refractivity contribution in [1.29, 1.82) is 0 Å². The van der Waals surface area contributed by atoms with Crippen molar-refractivity contribution in [3.8, 4) is 0 Å². The van der Waals surface area contributed by atoms with E-state index in [4.69, 9.17) is 9.47 Å². The van der Waals surface area contributed by atoms with Crippen LogP contribution in [-0.2, 0) is 23.9 Å². The molecule has 3 rings (SSSR count). The van der Waals surface area contributed by atoms with Crippen LogP contribution in [0.4, 0.5) is 0 Å². The second-order valence-electron chi connectivity index (χ2n) is 8.78. The van der Waals surface area contributed by atoms with Crippen molar-refractivity contribution in [2.75, 3.05) is 19.0 Å². The summed E-state index contributed by atoms with van der Waals surface area (Å²) < 4.78 is 10.8. The van der Waals surface area contributed by atoms with Crippen molar-refractivity contribution >= 4 is 41.4 Å². The Morgan fingerprint density at radius 2 is 1.91 bits per heavy atom. The Labute approximate surface area is 196 Å². The van der Waals surface area contributed by atoms with Gasteiger partial charge < -0.3 is 9.47 Å². The highest BCUT2D eigenvalue weighted by molar-refractivity contribution is 7.99. The molecule has 178 valence electrons. The van der Waals surface area contributed by atoms with Crippen LogP contribution in [0.3, 0.4) is 0 Å². The van der Waals surface area contributed by atoms with Gasteiger partial charge in [0.2, 0.25) is 11.8 Å². The molecule has 4 amide bonds. The third kappa shape index (κ3) is 6.20. The molecule has 1 fully saturated rings. The van der Waals surface area contributed by atoms with Crippen LogP contribution in [0.1, 0.15) is 67.2 Å². The Morgan fingerprint density at radius 1 is 1.15 bits per heavy atom. The van der Waals surface area contributed by atoms with Crippen molar-refractivity contribution in [3.05, 3.63) is 29.3 Å². The molecule has 9 nitrogen and oxygen atoms in total. The number of nitrogens with one attached hydrogen (secondary N) is 1. The fourth-order valence-electron chi connectivity index (χ4n) is 3.63. The number of esters is 1. The van der Waals surface area contributed by atoms with Crippen LogP contribution in [0.15, 0.2) is 23.1 Å². The zero-order chi connectivity index (χ0) is 24.2. The summed E-state index contributed by atoms with van der Waals surface area (Å²) in [6, 6.07) is 4.03. The standard InChI is InChI=1S/C23H28N2O7S/c1-23(2,3)32-18(27)8-5-11-31-12-13-33-16-7-4-6-14-19(16)22(30)25(21(14)29)15-9-10-17(26)24-20(15)28/h4,6-7,15H,5,8-13H2,1-3H3,(H,24,26,28). The number of nitrogens with zero attached hydrogens (tertiary/aromatic N) is 1. The van der Waals surface area contributed by atoms with Crippen LogP contribution >= 0.6 is 11.8 Å². The summed E-state index contributed by atoms with van der Waals surface area (Å²) in [5.41, 5.74) is 0.0343. The molecule has 1 atom stereocenters. The lowest BCUT2D eigenvalue weighted by atomic mass is 10.0. The molecule has 1 unspecified atom stereocenters. The largest absolute Gasteiger partial charge is 0.460 e. The highest BCUT2D eigenvalue weighted by Crippen LogP contribution is 2.34. The first-order chi connectivity index (χ1) is 15.6. The Morgan fingerprint density at radius 3 is 2.61 bits per heavy atom. The SMILES string of the molecule is CC(C)(C)OC(=O)CCCOCCSc1cccc2c1C(=O)N(C1CCC(=O)NC1=O)C2=O. The number of piperidine rings is 1. The number of imide groups is 2. The number of amides is 4. The highest BCUT2D eigenvalue weighted by Gasteiger charge is 2.45. The zero-order valence-corrected chi connectivity index (χ0v) is 19.8. The molecule has 0 bridgehead atoms. The number of rotatable bonds is 9. The Bertz CT molecular complexity index is 970. The van der Waals surface area contributed by atoms with Gasteiger partial charge in [-0.3, -0.25) is 34.2 Å². The number of fused-ring (bicyclic) bond motifs is 1. The number of carbonyl (C=O) groups is 5. The lowest BCUT2D eigenvalue weighted by Crippen LogP contribution is -2.54. The van der Waals surface area contributed by atoms with Crippen LogP contribution in [0.2, 0.25) is 0 Å². The number of ether oxygens (including phenoxy) is 2. The van der Waals surface area contributed by atoms with Crippen molar-refractivity contribution < 1.29 is 33.4 Å². The first kappa shape index (κ1) is 24.9. The van der Waals surface area contributed by atoms with E-state index in [9.17, 15) is 24.0 Å². The fourth-order valence-corrected chi connectivity index (χ4v) is 4.57. The van der Waals surface area contributed by atoms with Gasteiger partial charge in [-0.05, 0) is 45.7 Å². The van der Waals surface area contributed by atoms with Crippen molar-refractivity contribution in [3.63, 3.8) is 0 Å². The molecule has 1 aromatic rings. The monoisotopic (exact) mass is 476 g/mol. The van der Waals surface area contributed by atoms with Gasteiger partial charge in [0.1, 0.15) is 11.6 Å². The van der Waals surface area contributed by atoms with Crippen molar-refractivity contribution in [1.82, 2.24) is 10.2 Å². The number of hydrogen-bond acceptors (Lipinski definition) is 8. The lowest BCUT2D eigenvalue weighted by molar-refractivity contribution is -0.155. The van der Waals surface area contributed by atoms with E-state index >= 15 is 0 Å². The molecule has 10 heteroatoms. The van der Waals surface area contributed by atoms with E-state index in [-0.39, 0.29) is 36.4 Å². The summed E-state index contributed by atoms with van der Waals surface area (Å²) in [7, 11) is 0. The molecule has 33 heavy (non-hydrogen) atoms. The predicted octanol–water partition coefficient (Wildman–Crippen LogP) is 2.32. The van der Waals surface area contributed by atoms with E-state index in [2.05, 4.69) is 5.32 Å². The van der Waals surface area contributed by atoms with Gasteiger partial charge in [-0.1, -0.05) is 6.07 Å². The predicted molar refractivity (Wildman–Crippen MR) is 120 cm³/mol. The minimum Gasteiger partial charge on any atom is -0.460 e. The number of benzene rings is 1. The molecule has 0 spiro atoms. The molecule has 0 radical (unpaired) electrons. The lowest BCUT2D eigenvalue weighted by Gasteiger charge is -2.27. The summed E-state index contributed by atoms with van der Waals surface area (Å²) >= 11 is 1.38. The van der Waals surface area contributed by atoms with E-state index in [0.29, 0.717) is 30.3 Å². The average molecular weight is 477 g/mol. The molecule has 1 aromatic carbocycles. The summed E-state index contributed by atoms with van der Waals surface area (Å²) in [4.78, 5) is 62.8. The molecule has 1 N–H and O–H groups in total. The third-order valence-electron chi connectivity index (χ3n) is 5.00. The van der Waals surface area contributed by atoms with Gasteiger partial charge >= 0.3 is 5.97 Å². The topological polar surface area (TPSA) is 119 Å². The van der Waals surface area contributed by atoms with Gasteiger partial charge in [-0.25, -0.2) is 0 Å². The molecule has 0 saturated carbocycles. The highest BCUT2D eigenvalue weighted by atomic mass is 32.2. The fraction of sp³-hybridized carbons (Fsp3) is 0.522. The van der Waals surface area contributed by atoms with Crippen molar-refractivity contribution in [2.45, 2.75) is 63.0 Å². The van der Waals surface area contributed by atoms with Crippen molar-refractivity contribution in [2.24, 2.45) is 0 Å². The van der Waals surface area contributed by atoms with E-state index in [1.165, 1.54) is 11.8 Å². The molecule has 0 aromatic heterocycles. The Hall–Kier alpha value is -2.72. The molecule has 2 aliphatic heterocycles. The van der Waals surface area contributed by atoms with Gasteiger partial charge in [-0.15, -0.1) is 11.8 Å². The van der Waals surface area contributed by atoms with Gasteiger partial charge in [-0.2, -0.15) is 0 Å². The van der Waals surface area contributed by atoms with Crippen LogP contribution in [0.25, 0.3) is 0 Å². The van der Waals surface area contributed by atoms with Crippen LogP contribution in [0, 0.1) is 0 Å². The first-order valence-electron chi connectivity index (χ1n) is 10.9. The number of hydrogen-bond donors (Lipinski definition) is 1.